The molecule has 28 rings (SSSR count). The molecule has 10 heterocycles. The van der Waals surface area contributed by atoms with E-state index in [1.54, 1.807) is 0 Å². The zero-order valence-corrected chi connectivity index (χ0v) is 67.8. The monoisotopic (exact) mass is 1610 g/mol. The molecule has 0 N–H and O–H groups in total. The number of para-hydroxylation sites is 14. The number of ether oxygens (including phenoxy) is 2. The molecule has 584 valence electrons. The Hall–Kier alpha value is -16.3. The van der Waals surface area contributed by atoms with E-state index in [-0.39, 0.29) is 26.9 Å². The van der Waals surface area contributed by atoms with E-state index in [0.717, 1.165) is 179 Å². The number of hydrogen-bond donors (Lipinski definition) is 0. The molecular weight excluding hydrogens is 1540 g/mol. The number of furan rings is 4. The molecule has 0 amide bonds. The van der Waals surface area contributed by atoms with Crippen molar-refractivity contribution in [3.05, 3.63) is 413 Å². The van der Waals surface area contributed by atoms with Crippen molar-refractivity contribution in [3.63, 3.8) is 0 Å². The first-order valence-corrected chi connectivity index (χ1v) is 43.1. The van der Waals surface area contributed by atoms with Gasteiger partial charge in [-0.3, -0.25) is 0 Å². The molecule has 0 fully saturated rings. The van der Waals surface area contributed by atoms with E-state index in [9.17, 15) is 0 Å². The molecule has 0 radical (unpaired) electrons. The van der Waals surface area contributed by atoms with Crippen molar-refractivity contribution >= 4 is 236 Å². The summed E-state index contributed by atoms with van der Waals surface area (Å²) in [6.07, 6.45) is 0. The zero-order valence-electron chi connectivity index (χ0n) is 67.8. The van der Waals surface area contributed by atoms with Gasteiger partial charge in [0.05, 0.1) is 67.5 Å². The van der Waals surface area contributed by atoms with Gasteiger partial charge < -0.3 is 46.1 Å². The molecule has 6 aromatic heterocycles. The van der Waals surface area contributed by atoms with Crippen LogP contribution in [0.1, 0.15) is 0 Å². The highest BCUT2D eigenvalue weighted by Gasteiger charge is 2.49. The van der Waals surface area contributed by atoms with Gasteiger partial charge in [0.1, 0.15) is 22.3 Å². The van der Waals surface area contributed by atoms with E-state index in [4.69, 9.17) is 27.1 Å². The minimum absolute atomic E-state index is 0.199. The Morgan fingerprint density at radius 2 is 0.437 bits per heavy atom. The maximum atomic E-state index is 7.24. The number of nitrogens with zero attached hydrogens (tertiary/aromatic N) is 4. The van der Waals surface area contributed by atoms with Gasteiger partial charge in [-0.2, -0.15) is 0 Å². The van der Waals surface area contributed by atoms with Crippen LogP contribution in [0.4, 0.5) is 34.1 Å². The van der Waals surface area contributed by atoms with Crippen molar-refractivity contribution in [3.8, 4) is 34.4 Å². The molecule has 0 saturated carbocycles. The molecule has 0 atom stereocenters. The van der Waals surface area contributed by atoms with Crippen LogP contribution < -0.4 is 85.6 Å². The lowest BCUT2D eigenvalue weighted by Crippen LogP contribution is -2.73. The molecule has 0 spiro atoms. The van der Waals surface area contributed by atoms with Crippen molar-refractivity contribution in [1.29, 1.82) is 0 Å². The summed E-state index contributed by atoms with van der Waals surface area (Å²) >= 11 is 0. The second-order valence-corrected chi connectivity index (χ2v) is 33.4. The molecule has 4 aliphatic rings. The van der Waals surface area contributed by atoms with Crippen LogP contribution >= 0.6 is 0 Å². The van der Waals surface area contributed by atoms with Gasteiger partial charge in [0.15, 0.2) is 23.0 Å². The lowest BCUT2D eigenvalue weighted by molar-refractivity contribution is 0.477. The minimum atomic E-state index is -0.250. The van der Waals surface area contributed by atoms with Gasteiger partial charge in [-0.25, -0.2) is 0 Å². The average Bonchev–Trinajstić information content (AvgIpc) is 1.54. The predicted molar refractivity (Wildman–Crippen MR) is 522 cm³/mol. The predicted octanol–water partition coefficient (Wildman–Crippen LogP) is 20.7. The Bertz CT molecular complexity index is 8420. The van der Waals surface area contributed by atoms with Crippen molar-refractivity contribution in [2.24, 2.45) is 0 Å². The van der Waals surface area contributed by atoms with Crippen LogP contribution in [0.3, 0.4) is 0 Å². The van der Waals surface area contributed by atoms with Crippen LogP contribution in [0.15, 0.2) is 430 Å². The first kappa shape index (κ1) is 70.4. The molecule has 10 nitrogen and oxygen atoms in total. The number of fused-ring (bicyclic) bond motifs is 26. The first-order chi connectivity index (χ1) is 62.5. The molecule has 0 aliphatic carbocycles. The van der Waals surface area contributed by atoms with Gasteiger partial charge in [-0.1, -0.05) is 289 Å². The normalized spacial score (nSPS) is 13.1. The van der Waals surface area contributed by atoms with Crippen molar-refractivity contribution < 1.29 is 27.1 Å². The smallest absolute Gasteiger partial charge is 0.290 e. The van der Waals surface area contributed by atoms with Crippen molar-refractivity contribution in [2.45, 2.75) is 0 Å². The quantitative estimate of drug-likeness (QED) is 0.139. The van der Waals surface area contributed by atoms with Gasteiger partial charge in [0.2, 0.25) is 0 Å². The minimum Gasteiger partial charge on any atom is -0.471 e. The third-order valence-corrected chi connectivity index (χ3v) is 26.8. The molecule has 4 aliphatic heterocycles. The van der Waals surface area contributed by atoms with Gasteiger partial charge >= 0.3 is 0 Å². The maximum Gasteiger partial charge on any atom is 0.290 e. The molecular formula is C112H68B4N4O6. The molecule has 0 unspecified atom stereocenters. The van der Waals surface area contributed by atoms with E-state index < -0.39 is 0 Å². The van der Waals surface area contributed by atoms with Gasteiger partial charge in [0.25, 0.3) is 26.9 Å². The highest BCUT2D eigenvalue weighted by atomic mass is 16.5. The molecule has 18 aromatic carbocycles. The van der Waals surface area contributed by atoms with Gasteiger partial charge in [-0.05, 0) is 189 Å². The van der Waals surface area contributed by atoms with Crippen LogP contribution in [0.25, 0.3) is 120 Å². The number of hydrogen-bond acceptors (Lipinski definition) is 8. The standard InChI is InChI=1S/C56H34B2N2O4.C56H34B2N2O2/c1-2-14-40-35(13-1)25-34-51-52(40)54-56(64-51)57(36-26-30-38(31-27-36)59-42-16-4-9-21-47(42)61-48-22-10-5-17-43(48)59)53-41-15-3-8-20-46(41)63-55(53)58(54)37-28-32-39(33-29-37)60-44-18-6-11-23-49(44)62-50-24-12-7-19-45(50)60;1-2-14-40-35(13-1)25-34-51-52(40)54-56(62-51)57(36-26-30-38(31-27-36)59-46-20-8-3-15-41(46)42-16-4-9-21-47(42)59)53-45-19-7-12-24-50(45)61-55(53)58(54)37-28-32-39(33-29-37)60-48-22-10-5-17-43(48)44-18-6-11-23-49(44)60/h1-34H;1-34H. The summed E-state index contributed by atoms with van der Waals surface area (Å²) in [5.74, 6) is 3.30. The Morgan fingerprint density at radius 1 is 0.183 bits per heavy atom. The Labute approximate surface area is 724 Å². The largest absolute Gasteiger partial charge is 0.471 e. The summed E-state index contributed by atoms with van der Waals surface area (Å²) in [5.41, 5.74) is 29.6. The van der Waals surface area contributed by atoms with E-state index in [1.165, 1.54) is 65.2 Å². The number of anilines is 6. The third-order valence-electron chi connectivity index (χ3n) is 26.8. The number of rotatable bonds is 8. The fraction of sp³-hybridized carbons (Fsp3) is 0. The fourth-order valence-electron chi connectivity index (χ4n) is 21.4. The topological polar surface area (TPSA) is 87.4 Å². The summed E-state index contributed by atoms with van der Waals surface area (Å²) in [5, 5.41) is 14.2. The first-order valence-electron chi connectivity index (χ1n) is 43.1. The second kappa shape index (κ2) is 27.6. The summed E-state index contributed by atoms with van der Waals surface area (Å²) in [7, 11) is 0. The van der Waals surface area contributed by atoms with E-state index in [2.05, 4.69) is 383 Å². The molecule has 0 bridgehead atoms. The van der Waals surface area contributed by atoms with Crippen LogP contribution in [-0.2, 0) is 0 Å². The lowest BCUT2D eigenvalue weighted by atomic mass is 9.24. The van der Waals surface area contributed by atoms with Gasteiger partial charge in [0, 0.05) is 65.8 Å². The Balaban J connectivity index is 0.000000131. The van der Waals surface area contributed by atoms with Crippen LogP contribution in [0.2, 0.25) is 0 Å². The summed E-state index contributed by atoms with van der Waals surface area (Å²) in [6, 6.07) is 147. The van der Waals surface area contributed by atoms with Crippen LogP contribution in [-0.4, -0.2) is 36.0 Å². The van der Waals surface area contributed by atoms with Crippen molar-refractivity contribution in [1.82, 2.24) is 9.13 Å². The summed E-state index contributed by atoms with van der Waals surface area (Å²) in [6.45, 7) is -0.899. The van der Waals surface area contributed by atoms with E-state index in [1.807, 2.05) is 48.5 Å². The van der Waals surface area contributed by atoms with Crippen LogP contribution in [0.5, 0.6) is 23.0 Å². The zero-order chi connectivity index (χ0) is 82.3. The van der Waals surface area contributed by atoms with E-state index >= 15 is 0 Å². The maximum absolute atomic E-state index is 7.24. The number of benzene rings is 18. The molecule has 24 aromatic rings. The Morgan fingerprint density at radius 3 is 0.778 bits per heavy atom. The summed E-state index contributed by atoms with van der Waals surface area (Å²) < 4.78 is 46.2. The summed E-state index contributed by atoms with van der Waals surface area (Å²) in [4.78, 5) is 4.56. The van der Waals surface area contributed by atoms with Gasteiger partial charge in [-0.15, -0.1) is 0 Å². The average molecular weight is 1610 g/mol. The molecule has 126 heavy (non-hydrogen) atoms. The SMILES string of the molecule is c1ccc2c(c1)Oc1ccccc1N2c1ccc(B2c3oc4ccc5ccccc5c4c3B(c3ccc(N4c5ccccc5Oc5ccccc54)cc3)c3oc4ccccc4c32)cc1.c1ccc2c(c1)ccc1oc3c(c12)B(c1ccc(-n2c4ccccc4c4ccccc42)cc1)c1oc2ccccc2c1B3c1ccc(-n2c3ccccc3c3ccccc32)cc1. The highest BCUT2D eigenvalue weighted by molar-refractivity contribution is 7.13. The Kier molecular flexibility index (Phi) is 15.4. The fourth-order valence-corrected chi connectivity index (χ4v) is 21.4. The molecule has 0 saturated heterocycles. The van der Waals surface area contributed by atoms with E-state index in [0.29, 0.717) is 0 Å². The van der Waals surface area contributed by atoms with Crippen LogP contribution in [0, 0.1) is 0 Å². The lowest BCUT2D eigenvalue weighted by Gasteiger charge is -2.33. The highest BCUT2D eigenvalue weighted by Crippen LogP contribution is 2.52. The second-order valence-electron chi connectivity index (χ2n) is 33.4. The third kappa shape index (κ3) is 10.5. The molecule has 14 heteroatoms. The van der Waals surface area contributed by atoms with Crippen molar-refractivity contribution in [2.75, 3.05) is 9.80 Å². The number of aromatic nitrogens is 2.